The fourth-order valence-corrected chi connectivity index (χ4v) is 3.89. The van der Waals surface area contributed by atoms with Crippen LogP contribution in [0.5, 0.6) is 5.75 Å². The number of aromatic nitrogens is 2. The van der Waals surface area contributed by atoms with E-state index in [1.165, 1.54) is 23.5 Å². The summed E-state index contributed by atoms with van der Waals surface area (Å²) in [5.74, 6) is 0.449. The molecule has 0 aliphatic rings. The minimum atomic E-state index is -0.288. The van der Waals surface area contributed by atoms with Crippen LogP contribution in [0.4, 0.5) is 4.39 Å². The van der Waals surface area contributed by atoms with Crippen molar-refractivity contribution in [3.63, 3.8) is 0 Å². The van der Waals surface area contributed by atoms with Crippen LogP contribution in [0.1, 0.15) is 18.2 Å². The highest BCUT2D eigenvalue weighted by Gasteiger charge is 2.13. The largest absolute Gasteiger partial charge is 0.494 e. The molecule has 2 aromatic carbocycles. The fraction of sp³-hybridized carbons (Fsp3) is 0.182. The zero-order chi connectivity index (χ0) is 20.2. The average molecular weight is 409 g/mol. The number of thiazole rings is 1. The summed E-state index contributed by atoms with van der Waals surface area (Å²) in [6.07, 6.45) is 2.20. The molecule has 0 fully saturated rings. The van der Waals surface area contributed by atoms with Crippen LogP contribution in [-0.2, 0) is 17.8 Å². The summed E-state index contributed by atoms with van der Waals surface area (Å²) in [7, 11) is 0. The first-order valence-electron chi connectivity index (χ1n) is 9.32. The van der Waals surface area contributed by atoms with Crippen LogP contribution in [0.2, 0.25) is 0 Å². The van der Waals surface area contributed by atoms with E-state index in [2.05, 4.69) is 10.3 Å². The molecular weight excluding hydrogens is 389 g/mol. The van der Waals surface area contributed by atoms with Crippen LogP contribution in [-0.4, -0.2) is 21.9 Å². The molecule has 4 rings (SSSR count). The first-order valence-corrected chi connectivity index (χ1v) is 10.2. The van der Waals surface area contributed by atoms with E-state index in [0.717, 1.165) is 33.2 Å². The second-order valence-corrected chi connectivity index (χ2v) is 7.38. The van der Waals surface area contributed by atoms with Gasteiger partial charge in [0.05, 0.1) is 18.7 Å². The number of hydrogen-bond acceptors (Lipinski definition) is 4. The topological polar surface area (TPSA) is 55.6 Å². The highest BCUT2D eigenvalue weighted by molar-refractivity contribution is 7.15. The summed E-state index contributed by atoms with van der Waals surface area (Å²) in [6.45, 7) is 2.95. The van der Waals surface area contributed by atoms with Crippen LogP contribution in [0.25, 0.3) is 16.2 Å². The molecule has 7 heteroatoms. The van der Waals surface area contributed by atoms with Crippen LogP contribution in [0, 0.1) is 5.82 Å². The number of rotatable bonds is 7. The quantitative estimate of drug-likeness (QED) is 0.490. The van der Waals surface area contributed by atoms with Crippen LogP contribution < -0.4 is 10.1 Å². The molecular formula is C22H20FN3O2S. The van der Waals surface area contributed by atoms with Gasteiger partial charge in [0.25, 0.3) is 0 Å². The van der Waals surface area contributed by atoms with Crippen molar-refractivity contribution < 1.29 is 13.9 Å². The minimum absolute atomic E-state index is 0.0923. The molecule has 5 nitrogen and oxygen atoms in total. The summed E-state index contributed by atoms with van der Waals surface area (Å²) in [5, 5.41) is 4.82. The van der Waals surface area contributed by atoms with E-state index in [4.69, 9.17) is 4.74 Å². The van der Waals surface area contributed by atoms with Crippen LogP contribution >= 0.6 is 11.3 Å². The number of nitrogens with one attached hydrogen (secondary N) is 1. The maximum atomic E-state index is 13.0. The van der Waals surface area contributed by atoms with E-state index in [9.17, 15) is 9.18 Å². The Morgan fingerprint density at radius 1 is 1.17 bits per heavy atom. The molecule has 0 aliphatic carbocycles. The molecule has 1 N–H and O–H groups in total. The van der Waals surface area contributed by atoms with E-state index in [0.29, 0.717) is 13.2 Å². The van der Waals surface area contributed by atoms with E-state index < -0.39 is 0 Å². The molecule has 0 aliphatic heterocycles. The number of hydrogen-bond donors (Lipinski definition) is 1. The van der Waals surface area contributed by atoms with E-state index in [1.807, 2.05) is 47.2 Å². The molecule has 0 saturated carbocycles. The van der Waals surface area contributed by atoms with Gasteiger partial charge in [0.15, 0.2) is 4.96 Å². The summed E-state index contributed by atoms with van der Waals surface area (Å²) in [5.41, 5.74) is 3.59. The Hall–Kier alpha value is -3.19. The number of carbonyl (C=O) groups excluding carboxylic acids is 1. The first-order chi connectivity index (χ1) is 14.1. The third-order valence-corrected chi connectivity index (χ3v) is 5.38. The number of fused-ring (bicyclic) bond motifs is 1. The number of amides is 1. The van der Waals surface area contributed by atoms with Crippen molar-refractivity contribution in [2.45, 2.75) is 19.9 Å². The van der Waals surface area contributed by atoms with Crippen molar-refractivity contribution in [3.8, 4) is 17.0 Å². The van der Waals surface area contributed by atoms with Crippen molar-refractivity contribution >= 4 is 22.2 Å². The zero-order valence-electron chi connectivity index (χ0n) is 15.9. The van der Waals surface area contributed by atoms with Crippen molar-refractivity contribution in [2.24, 2.45) is 0 Å². The van der Waals surface area contributed by atoms with Gasteiger partial charge in [-0.25, -0.2) is 9.37 Å². The molecule has 29 heavy (non-hydrogen) atoms. The van der Waals surface area contributed by atoms with Gasteiger partial charge in [-0.2, -0.15) is 0 Å². The maximum absolute atomic E-state index is 13.0. The molecule has 148 valence electrons. The summed E-state index contributed by atoms with van der Waals surface area (Å²) in [4.78, 5) is 17.8. The van der Waals surface area contributed by atoms with Crippen LogP contribution in [0.15, 0.2) is 60.1 Å². The highest BCUT2D eigenvalue weighted by atomic mass is 32.1. The normalized spacial score (nSPS) is 11.0. The molecule has 0 spiro atoms. The molecule has 2 heterocycles. The van der Waals surface area contributed by atoms with Gasteiger partial charge in [-0.1, -0.05) is 12.1 Å². The third-order valence-electron chi connectivity index (χ3n) is 4.49. The molecule has 0 saturated heterocycles. The number of carbonyl (C=O) groups is 1. The Labute approximate surface area is 171 Å². The van der Waals surface area contributed by atoms with E-state index in [-0.39, 0.29) is 18.1 Å². The van der Waals surface area contributed by atoms with Gasteiger partial charge in [-0.05, 0) is 48.9 Å². The predicted molar refractivity (Wildman–Crippen MR) is 112 cm³/mol. The standard InChI is InChI=1S/C22H20FN3O2S/c1-2-28-19-9-5-16(6-10-19)20-13-26-18(14-29-22(26)25-20)11-21(27)24-12-15-3-7-17(23)8-4-15/h3-10,13-14H,2,11-12H2,1H3,(H,24,27). The molecule has 0 atom stereocenters. The van der Waals surface area contributed by atoms with Gasteiger partial charge in [0.1, 0.15) is 11.6 Å². The van der Waals surface area contributed by atoms with Gasteiger partial charge < -0.3 is 10.1 Å². The van der Waals surface area contributed by atoms with Gasteiger partial charge in [0, 0.05) is 29.4 Å². The SMILES string of the molecule is CCOc1ccc(-c2cn3c(CC(=O)NCc4ccc(F)cc4)csc3n2)cc1. The van der Waals surface area contributed by atoms with Gasteiger partial charge in [-0.15, -0.1) is 11.3 Å². The lowest BCUT2D eigenvalue weighted by Gasteiger charge is -2.05. The first kappa shape index (κ1) is 19.1. The fourth-order valence-electron chi connectivity index (χ4n) is 3.01. The Bertz CT molecular complexity index is 1120. The third kappa shape index (κ3) is 4.46. The zero-order valence-corrected chi connectivity index (χ0v) is 16.7. The number of benzene rings is 2. The van der Waals surface area contributed by atoms with E-state index >= 15 is 0 Å². The van der Waals surface area contributed by atoms with Crippen LogP contribution in [0.3, 0.4) is 0 Å². The Morgan fingerprint density at radius 3 is 2.66 bits per heavy atom. The van der Waals surface area contributed by atoms with Gasteiger partial charge >= 0.3 is 0 Å². The monoisotopic (exact) mass is 409 g/mol. The molecule has 4 aromatic rings. The number of imidazole rings is 1. The lowest BCUT2D eigenvalue weighted by molar-refractivity contribution is -0.120. The minimum Gasteiger partial charge on any atom is -0.494 e. The van der Waals surface area contributed by atoms with Crippen molar-refractivity contribution in [1.82, 2.24) is 14.7 Å². The van der Waals surface area contributed by atoms with E-state index in [1.54, 1.807) is 12.1 Å². The second-order valence-electron chi connectivity index (χ2n) is 6.54. The summed E-state index contributed by atoms with van der Waals surface area (Å²) < 4.78 is 20.4. The predicted octanol–water partition coefficient (Wildman–Crippen LogP) is 4.46. The molecule has 0 unspecified atom stereocenters. The average Bonchev–Trinajstić information content (AvgIpc) is 3.30. The van der Waals surface area contributed by atoms with Gasteiger partial charge in [0.2, 0.25) is 5.91 Å². The Morgan fingerprint density at radius 2 is 1.93 bits per heavy atom. The lowest BCUT2D eigenvalue weighted by atomic mass is 10.1. The summed E-state index contributed by atoms with van der Waals surface area (Å²) in [6, 6.07) is 13.9. The molecule has 1 amide bonds. The number of ether oxygens (including phenoxy) is 1. The Kier molecular flexibility index (Phi) is 5.57. The summed E-state index contributed by atoms with van der Waals surface area (Å²) >= 11 is 1.50. The molecule has 0 bridgehead atoms. The molecule has 0 radical (unpaired) electrons. The smallest absolute Gasteiger partial charge is 0.226 e. The number of halogens is 1. The number of nitrogens with zero attached hydrogens (tertiary/aromatic N) is 2. The highest BCUT2D eigenvalue weighted by Crippen LogP contribution is 2.25. The van der Waals surface area contributed by atoms with Crippen molar-refractivity contribution in [1.29, 1.82) is 0 Å². The Balaban J connectivity index is 1.44. The molecule has 2 aromatic heterocycles. The van der Waals surface area contributed by atoms with Crippen molar-refractivity contribution in [2.75, 3.05) is 6.61 Å². The second kappa shape index (κ2) is 8.45. The lowest BCUT2D eigenvalue weighted by Crippen LogP contribution is -2.24. The maximum Gasteiger partial charge on any atom is 0.226 e. The van der Waals surface area contributed by atoms with Crippen molar-refractivity contribution in [3.05, 3.63) is 77.2 Å². The van der Waals surface area contributed by atoms with Gasteiger partial charge in [-0.3, -0.25) is 9.20 Å².